The van der Waals surface area contributed by atoms with Gasteiger partial charge in [0.15, 0.2) is 0 Å². The van der Waals surface area contributed by atoms with Crippen LogP contribution < -0.4 is 10.2 Å². The van der Waals surface area contributed by atoms with E-state index in [0.717, 1.165) is 5.56 Å². The summed E-state index contributed by atoms with van der Waals surface area (Å²) in [6.07, 6.45) is 0.654. The van der Waals surface area contributed by atoms with Crippen molar-refractivity contribution >= 4 is 23.7 Å². The Labute approximate surface area is 115 Å². The highest BCUT2D eigenvalue weighted by Crippen LogP contribution is 2.29. The molecule has 1 heterocycles. The number of urea groups is 1. The van der Waals surface area contributed by atoms with Gasteiger partial charge >= 0.3 is 18.0 Å². The molecule has 0 atom stereocenters. The van der Waals surface area contributed by atoms with Crippen LogP contribution in [0, 0.1) is 0 Å². The van der Waals surface area contributed by atoms with Crippen LogP contribution in [0.5, 0.6) is 0 Å². The molecule has 7 nitrogen and oxygen atoms in total. The summed E-state index contributed by atoms with van der Waals surface area (Å²) in [7, 11) is 1.23. The predicted octanol–water partition coefficient (Wildman–Crippen LogP) is 0.630. The molecule has 2 amide bonds. The van der Waals surface area contributed by atoms with E-state index in [-0.39, 0.29) is 12.1 Å². The van der Waals surface area contributed by atoms with Gasteiger partial charge in [-0.15, -0.1) is 0 Å². The molecule has 20 heavy (non-hydrogen) atoms. The van der Waals surface area contributed by atoms with Crippen LogP contribution in [0.4, 0.5) is 10.5 Å². The van der Waals surface area contributed by atoms with Gasteiger partial charge in [0.1, 0.15) is 6.54 Å². The number of carbonyl (C=O) groups excluding carboxylic acids is 2. The lowest BCUT2D eigenvalue weighted by atomic mass is 10.1. The van der Waals surface area contributed by atoms with E-state index < -0.39 is 18.0 Å². The average molecular weight is 278 g/mol. The number of nitrogens with one attached hydrogen (secondary N) is 1. The summed E-state index contributed by atoms with van der Waals surface area (Å²) in [5.41, 5.74) is 1.59. The van der Waals surface area contributed by atoms with Gasteiger partial charge in [0.05, 0.1) is 12.7 Å². The second-order valence-electron chi connectivity index (χ2n) is 4.29. The summed E-state index contributed by atoms with van der Waals surface area (Å²) >= 11 is 0. The van der Waals surface area contributed by atoms with Crippen LogP contribution >= 0.6 is 0 Å². The highest BCUT2D eigenvalue weighted by molar-refractivity contribution is 5.97. The normalized spacial score (nSPS) is 12.8. The number of hydrogen-bond donors (Lipinski definition) is 2. The van der Waals surface area contributed by atoms with E-state index in [1.807, 2.05) is 0 Å². The number of carbonyl (C=O) groups is 3. The molecular weight excluding hydrogens is 264 g/mol. The molecule has 2 rings (SSSR count). The fraction of sp³-hybridized carbons (Fsp3) is 0.308. The molecule has 1 aromatic rings. The number of carboxylic acids is 1. The van der Waals surface area contributed by atoms with Crippen molar-refractivity contribution in [1.82, 2.24) is 5.32 Å². The quantitative estimate of drug-likeness (QED) is 0.791. The number of hydrogen-bond acceptors (Lipinski definition) is 4. The fourth-order valence-corrected chi connectivity index (χ4v) is 2.04. The van der Waals surface area contributed by atoms with Gasteiger partial charge in [0.25, 0.3) is 0 Å². The summed E-state index contributed by atoms with van der Waals surface area (Å²) in [4.78, 5) is 35.3. The highest BCUT2D eigenvalue weighted by Gasteiger charge is 2.25. The lowest BCUT2D eigenvalue weighted by molar-refractivity contribution is -0.139. The topological polar surface area (TPSA) is 95.9 Å². The van der Waals surface area contributed by atoms with E-state index >= 15 is 0 Å². The Kier molecular flexibility index (Phi) is 3.88. The molecule has 0 radical (unpaired) electrons. The third-order valence-electron chi connectivity index (χ3n) is 3.08. The van der Waals surface area contributed by atoms with Crippen LogP contribution in [-0.2, 0) is 16.0 Å². The lowest BCUT2D eigenvalue weighted by Crippen LogP contribution is -2.41. The molecular formula is C13H14N2O5. The van der Waals surface area contributed by atoms with Crippen molar-refractivity contribution < 1.29 is 24.2 Å². The Bertz CT molecular complexity index is 570. The van der Waals surface area contributed by atoms with Crippen LogP contribution in [-0.4, -0.2) is 43.3 Å². The van der Waals surface area contributed by atoms with Crippen LogP contribution in [0.25, 0.3) is 0 Å². The molecule has 7 heteroatoms. The van der Waals surface area contributed by atoms with Gasteiger partial charge in [0.2, 0.25) is 0 Å². The molecule has 2 N–H and O–H groups in total. The molecule has 0 bridgehead atoms. The summed E-state index contributed by atoms with van der Waals surface area (Å²) < 4.78 is 4.43. The summed E-state index contributed by atoms with van der Waals surface area (Å²) in [5, 5.41) is 11.4. The third kappa shape index (κ3) is 2.71. The minimum atomic E-state index is -1.05. The maximum Gasteiger partial charge on any atom is 0.335 e. The maximum atomic E-state index is 12.0. The monoisotopic (exact) mass is 278 g/mol. The smallest absolute Gasteiger partial charge is 0.335 e. The minimum absolute atomic E-state index is 0.122. The second kappa shape index (κ2) is 5.60. The van der Waals surface area contributed by atoms with Crippen molar-refractivity contribution in [1.29, 1.82) is 0 Å². The number of rotatable bonds is 3. The Morgan fingerprint density at radius 2 is 2.15 bits per heavy atom. The van der Waals surface area contributed by atoms with E-state index in [4.69, 9.17) is 5.11 Å². The van der Waals surface area contributed by atoms with Gasteiger partial charge in [-0.05, 0) is 24.1 Å². The first-order chi connectivity index (χ1) is 9.52. The number of anilines is 1. The molecule has 1 aliphatic heterocycles. The van der Waals surface area contributed by atoms with E-state index in [1.165, 1.54) is 24.1 Å². The Morgan fingerprint density at radius 3 is 2.80 bits per heavy atom. The van der Waals surface area contributed by atoms with Gasteiger partial charge in [0, 0.05) is 12.2 Å². The molecule has 106 valence electrons. The maximum absolute atomic E-state index is 12.0. The molecule has 0 aliphatic carbocycles. The number of amides is 2. The first-order valence-corrected chi connectivity index (χ1v) is 6.01. The van der Waals surface area contributed by atoms with Crippen LogP contribution in [0.1, 0.15) is 15.9 Å². The number of benzene rings is 1. The molecule has 0 spiro atoms. The summed E-state index contributed by atoms with van der Waals surface area (Å²) in [6, 6.07) is 4.22. The molecule has 1 aromatic carbocycles. The third-order valence-corrected chi connectivity index (χ3v) is 3.08. The van der Waals surface area contributed by atoms with Crippen molar-refractivity contribution in [3.63, 3.8) is 0 Å². The zero-order valence-electron chi connectivity index (χ0n) is 10.9. The van der Waals surface area contributed by atoms with Crippen molar-refractivity contribution in [2.75, 3.05) is 25.1 Å². The summed E-state index contributed by atoms with van der Waals surface area (Å²) in [6.45, 7) is 0.227. The SMILES string of the molecule is COC(=O)CNC(=O)N1CCc2ccc(C(=O)O)cc21. The van der Waals surface area contributed by atoms with Crippen LogP contribution in [0.15, 0.2) is 18.2 Å². The van der Waals surface area contributed by atoms with Crippen molar-refractivity contribution in [3.05, 3.63) is 29.3 Å². The van der Waals surface area contributed by atoms with E-state index in [2.05, 4.69) is 10.1 Å². The number of nitrogens with zero attached hydrogens (tertiary/aromatic N) is 1. The number of ether oxygens (including phenoxy) is 1. The number of esters is 1. The highest BCUT2D eigenvalue weighted by atomic mass is 16.5. The number of methoxy groups -OCH3 is 1. The Hall–Kier alpha value is -2.57. The van der Waals surface area contributed by atoms with E-state index in [1.54, 1.807) is 6.07 Å². The molecule has 0 saturated carbocycles. The zero-order valence-corrected chi connectivity index (χ0v) is 10.9. The minimum Gasteiger partial charge on any atom is -0.478 e. The number of aromatic carboxylic acids is 1. The van der Waals surface area contributed by atoms with Gasteiger partial charge < -0.3 is 15.2 Å². The second-order valence-corrected chi connectivity index (χ2v) is 4.29. The molecule has 0 fully saturated rings. The zero-order chi connectivity index (χ0) is 14.7. The summed E-state index contributed by atoms with van der Waals surface area (Å²) in [5.74, 6) is -1.59. The Balaban J connectivity index is 2.14. The van der Waals surface area contributed by atoms with Gasteiger partial charge in [-0.25, -0.2) is 9.59 Å². The van der Waals surface area contributed by atoms with Crippen molar-refractivity contribution in [2.24, 2.45) is 0 Å². The fourth-order valence-electron chi connectivity index (χ4n) is 2.04. The average Bonchev–Trinajstić information content (AvgIpc) is 2.87. The Morgan fingerprint density at radius 1 is 1.40 bits per heavy atom. The number of fused-ring (bicyclic) bond motifs is 1. The molecule has 0 saturated heterocycles. The molecule has 1 aliphatic rings. The van der Waals surface area contributed by atoms with E-state index in [0.29, 0.717) is 18.7 Å². The molecule has 0 unspecified atom stereocenters. The van der Waals surface area contributed by atoms with Crippen molar-refractivity contribution in [3.8, 4) is 0 Å². The van der Waals surface area contributed by atoms with Crippen LogP contribution in [0.2, 0.25) is 0 Å². The van der Waals surface area contributed by atoms with Gasteiger partial charge in [-0.2, -0.15) is 0 Å². The first-order valence-electron chi connectivity index (χ1n) is 6.01. The molecule has 0 aromatic heterocycles. The van der Waals surface area contributed by atoms with Gasteiger partial charge in [-0.1, -0.05) is 6.07 Å². The first kappa shape index (κ1) is 13.9. The number of carboxylic acid groups (broad SMARTS) is 1. The van der Waals surface area contributed by atoms with E-state index in [9.17, 15) is 14.4 Å². The lowest BCUT2D eigenvalue weighted by Gasteiger charge is -2.18. The van der Waals surface area contributed by atoms with Gasteiger partial charge in [-0.3, -0.25) is 9.69 Å². The largest absolute Gasteiger partial charge is 0.478 e. The predicted molar refractivity (Wildman–Crippen MR) is 69.9 cm³/mol. The van der Waals surface area contributed by atoms with Crippen LogP contribution in [0.3, 0.4) is 0 Å². The van der Waals surface area contributed by atoms with Crippen molar-refractivity contribution in [2.45, 2.75) is 6.42 Å². The standard InChI is InChI=1S/C13H14N2O5/c1-20-11(16)7-14-13(19)15-5-4-8-2-3-9(12(17)18)6-10(8)15/h2-3,6H,4-5,7H2,1H3,(H,14,19)(H,17,18).